The Morgan fingerprint density at radius 3 is 2.55 bits per heavy atom. The Morgan fingerprint density at radius 1 is 1.30 bits per heavy atom. The number of carboxylic acids is 1. The second-order valence-electron chi connectivity index (χ2n) is 5.15. The molecule has 1 heterocycles. The number of nitrogens with zero attached hydrogens (tertiary/aromatic N) is 1. The maximum atomic E-state index is 12.2. The van der Waals surface area contributed by atoms with Gasteiger partial charge in [0.15, 0.2) is 6.10 Å². The summed E-state index contributed by atoms with van der Waals surface area (Å²) in [4.78, 5) is 24.7. The van der Waals surface area contributed by atoms with E-state index in [9.17, 15) is 9.59 Å². The van der Waals surface area contributed by atoms with Gasteiger partial charge in [-0.05, 0) is 30.9 Å². The summed E-state index contributed by atoms with van der Waals surface area (Å²) in [7, 11) is 1.71. The Hall–Kier alpha value is -1.88. The molecule has 2 atom stereocenters. The number of aliphatic carboxylic acids is 1. The lowest BCUT2D eigenvalue weighted by Crippen LogP contribution is -2.36. The van der Waals surface area contributed by atoms with Crippen LogP contribution in [0.1, 0.15) is 24.0 Å². The zero-order chi connectivity index (χ0) is 14.7. The van der Waals surface area contributed by atoms with Crippen LogP contribution in [0.2, 0.25) is 0 Å². The van der Waals surface area contributed by atoms with Gasteiger partial charge < -0.3 is 14.7 Å². The molecule has 2 rings (SSSR count). The van der Waals surface area contributed by atoms with Gasteiger partial charge in [0.1, 0.15) is 6.10 Å². The van der Waals surface area contributed by atoms with E-state index in [2.05, 4.69) is 0 Å². The predicted octanol–water partition coefficient (Wildman–Crippen LogP) is 1.59. The summed E-state index contributed by atoms with van der Waals surface area (Å²) in [5, 5.41) is 8.87. The Balaban J connectivity index is 1.96. The van der Waals surface area contributed by atoms with Gasteiger partial charge in [-0.2, -0.15) is 0 Å². The maximum absolute atomic E-state index is 12.2. The van der Waals surface area contributed by atoms with Crippen LogP contribution in [-0.2, 0) is 20.9 Å². The van der Waals surface area contributed by atoms with E-state index in [0.29, 0.717) is 19.4 Å². The lowest BCUT2D eigenvalue weighted by Gasteiger charge is -2.22. The Morgan fingerprint density at radius 2 is 1.95 bits per heavy atom. The number of carbonyl (C=O) groups excluding carboxylic acids is 1. The number of carboxylic acid groups (broad SMARTS) is 1. The third-order valence-corrected chi connectivity index (χ3v) is 3.62. The van der Waals surface area contributed by atoms with Crippen LogP contribution >= 0.6 is 0 Å². The second-order valence-corrected chi connectivity index (χ2v) is 5.15. The third kappa shape index (κ3) is 3.17. The van der Waals surface area contributed by atoms with Crippen molar-refractivity contribution in [1.29, 1.82) is 0 Å². The highest BCUT2D eigenvalue weighted by Crippen LogP contribution is 2.22. The van der Waals surface area contributed by atoms with Crippen LogP contribution in [-0.4, -0.2) is 41.1 Å². The molecule has 1 aromatic rings. The van der Waals surface area contributed by atoms with E-state index in [-0.39, 0.29) is 5.91 Å². The van der Waals surface area contributed by atoms with E-state index < -0.39 is 18.2 Å². The van der Waals surface area contributed by atoms with Crippen molar-refractivity contribution in [2.45, 2.75) is 38.5 Å². The summed E-state index contributed by atoms with van der Waals surface area (Å²) in [6.07, 6.45) is -0.626. The fourth-order valence-corrected chi connectivity index (χ4v) is 2.37. The molecule has 1 aliphatic heterocycles. The minimum absolute atomic E-state index is 0.156. The lowest BCUT2D eigenvalue weighted by molar-refractivity contribution is -0.154. The molecule has 1 fully saturated rings. The summed E-state index contributed by atoms with van der Waals surface area (Å²) in [5.41, 5.74) is 2.21. The SMILES string of the molecule is Cc1ccccc1CN(C)C(=O)C1CCC(C(=O)O)O1. The van der Waals surface area contributed by atoms with Crippen molar-refractivity contribution in [3.8, 4) is 0 Å². The van der Waals surface area contributed by atoms with Crippen LogP contribution in [0.3, 0.4) is 0 Å². The standard InChI is InChI=1S/C15H19NO4/c1-10-5-3-4-6-11(10)9-16(2)14(17)12-7-8-13(20-12)15(18)19/h3-6,12-13H,7-9H2,1-2H3,(H,18,19). The molecule has 0 aromatic heterocycles. The summed E-state index contributed by atoms with van der Waals surface area (Å²) in [6, 6.07) is 7.88. The highest BCUT2D eigenvalue weighted by molar-refractivity contribution is 5.82. The molecule has 1 N–H and O–H groups in total. The number of carbonyl (C=O) groups is 2. The first-order valence-electron chi connectivity index (χ1n) is 6.67. The van der Waals surface area contributed by atoms with Crippen LogP contribution in [0.25, 0.3) is 0 Å². The number of hydrogen-bond donors (Lipinski definition) is 1. The number of hydrogen-bond acceptors (Lipinski definition) is 3. The summed E-state index contributed by atoms with van der Waals surface area (Å²) < 4.78 is 5.28. The number of amides is 1. The molecule has 1 aliphatic rings. The Bertz CT molecular complexity index is 514. The molecular weight excluding hydrogens is 258 g/mol. The van der Waals surface area contributed by atoms with E-state index in [0.717, 1.165) is 11.1 Å². The molecule has 1 aromatic carbocycles. The first-order chi connectivity index (χ1) is 9.49. The number of aryl methyl sites for hydroxylation is 1. The van der Waals surface area contributed by atoms with Crippen LogP contribution in [0, 0.1) is 6.92 Å². The van der Waals surface area contributed by atoms with Crippen molar-refractivity contribution in [3.05, 3.63) is 35.4 Å². The van der Waals surface area contributed by atoms with Gasteiger partial charge in [-0.3, -0.25) is 4.79 Å². The first kappa shape index (κ1) is 14.5. The van der Waals surface area contributed by atoms with Crippen LogP contribution in [0.4, 0.5) is 0 Å². The number of rotatable bonds is 4. The number of likely N-dealkylation sites (N-methyl/N-ethyl adjacent to an activating group) is 1. The van der Waals surface area contributed by atoms with Crippen molar-refractivity contribution in [3.63, 3.8) is 0 Å². The Labute approximate surface area is 118 Å². The van der Waals surface area contributed by atoms with Crippen LogP contribution in [0.5, 0.6) is 0 Å². The van der Waals surface area contributed by atoms with Crippen molar-refractivity contribution in [1.82, 2.24) is 4.90 Å². The molecule has 0 aliphatic carbocycles. The molecule has 20 heavy (non-hydrogen) atoms. The average Bonchev–Trinajstić information content (AvgIpc) is 2.90. The van der Waals surface area contributed by atoms with Crippen molar-refractivity contribution < 1.29 is 19.4 Å². The molecule has 0 radical (unpaired) electrons. The highest BCUT2D eigenvalue weighted by atomic mass is 16.5. The number of ether oxygens (including phenoxy) is 1. The quantitative estimate of drug-likeness (QED) is 0.907. The van der Waals surface area contributed by atoms with Crippen LogP contribution in [0.15, 0.2) is 24.3 Å². The predicted molar refractivity (Wildman–Crippen MR) is 73.2 cm³/mol. The molecule has 1 amide bonds. The number of benzene rings is 1. The molecule has 0 spiro atoms. The molecule has 1 saturated heterocycles. The van der Waals surface area contributed by atoms with Gasteiger partial charge in [-0.15, -0.1) is 0 Å². The molecule has 2 unspecified atom stereocenters. The van der Waals surface area contributed by atoms with Gasteiger partial charge in [0, 0.05) is 13.6 Å². The third-order valence-electron chi connectivity index (χ3n) is 3.62. The molecule has 0 bridgehead atoms. The van der Waals surface area contributed by atoms with Crippen molar-refractivity contribution in [2.24, 2.45) is 0 Å². The van der Waals surface area contributed by atoms with E-state index in [1.807, 2.05) is 31.2 Å². The summed E-state index contributed by atoms with van der Waals surface area (Å²) in [5.74, 6) is -1.15. The topological polar surface area (TPSA) is 66.8 Å². The van der Waals surface area contributed by atoms with Crippen LogP contribution < -0.4 is 0 Å². The van der Waals surface area contributed by atoms with Gasteiger partial charge >= 0.3 is 5.97 Å². The summed E-state index contributed by atoms with van der Waals surface area (Å²) in [6.45, 7) is 2.50. The van der Waals surface area contributed by atoms with E-state index >= 15 is 0 Å². The minimum Gasteiger partial charge on any atom is -0.479 e. The fraction of sp³-hybridized carbons (Fsp3) is 0.467. The van der Waals surface area contributed by atoms with Gasteiger partial charge in [0.25, 0.3) is 5.91 Å². The monoisotopic (exact) mass is 277 g/mol. The van der Waals surface area contributed by atoms with Gasteiger partial charge in [0.2, 0.25) is 0 Å². The van der Waals surface area contributed by atoms with E-state index in [1.54, 1.807) is 11.9 Å². The second kappa shape index (κ2) is 6.05. The highest BCUT2D eigenvalue weighted by Gasteiger charge is 2.36. The lowest BCUT2D eigenvalue weighted by atomic mass is 10.1. The largest absolute Gasteiger partial charge is 0.479 e. The van der Waals surface area contributed by atoms with E-state index in [1.165, 1.54) is 0 Å². The molecular formula is C15H19NO4. The van der Waals surface area contributed by atoms with Crippen molar-refractivity contribution >= 4 is 11.9 Å². The first-order valence-corrected chi connectivity index (χ1v) is 6.67. The smallest absolute Gasteiger partial charge is 0.332 e. The zero-order valence-electron chi connectivity index (χ0n) is 11.7. The van der Waals surface area contributed by atoms with Gasteiger partial charge in [-0.1, -0.05) is 24.3 Å². The van der Waals surface area contributed by atoms with E-state index in [4.69, 9.17) is 9.84 Å². The maximum Gasteiger partial charge on any atom is 0.332 e. The molecule has 108 valence electrons. The van der Waals surface area contributed by atoms with Crippen molar-refractivity contribution in [2.75, 3.05) is 7.05 Å². The summed E-state index contributed by atoms with van der Waals surface area (Å²) >= 11 is 0. The Kier molecular flexibility index (Phi) is 4.39. The van der Waals surface area contributed by atoms with Gasteiger partial charge in [-0.25, -0.2) is 4.79 Å². The zero-order valence-corrected chi connectivity index (χ0v) is 11.7. The fourth-order valence-electron chi connectivity index (χ4n) is 2.37. The molecule has 0 saturated carbocycles. The average molecular weight is 277 g/mol. The molecule has 5 heteroatoms. The molecule has 5 nitrogen and oxygen atoms in total. The normalized spacial score (nSPS) is 21.7. The van der Waals surface area contributed by atoms with Gasteiger partial charge in [0.05, 0.1) is 0 Å². The minimum atomic E-state index is -0.998.